The molecule has 10 aromatic rings. The molecule has 0 radical (unpaired) electrons. The van der Waals surface area contributed by atoms with Gasteiger partial charge in [0.25, 0.3) is 0 Å². The van der Waals surface area contributed by atoms with Gasteiger partial charge in [-0.2, -0.15) is 0 Å². The molecule has 8 aromatic carbocycles. The third-order valence-corrected chi connectivity index (χ3v) is 17.8. The van der Waals surface area contributed by atoms with Crippen LogP contribution < -0.4 is 20.7 Å². The van der Waals surface area contributed by atoms with Gasteiger partial charge in [0, 0.05) is 0 Å². The molecule has 2 aliphatic rings. The first kappa shape index (κ1) is 27.4. The first-order valence-electron chi connectivity index (χ1n) is 17.9. The van der Waals surface area contributed by atoms with Crippen molar-refractivity contribution in [3.63, 3.8) is 0 Å². The Balaban J connectivity index is 1.20. The Kier molecular flexibility index (Phi) is 5.29. The van der Waals surface area contributed by atoms with Crippen molar-refractivity contribution in [2.45, 2.75) is 0 Å². The predicted molar refractivity (Wildman–Crippen MR) is 218 cm³/mol. The van der Waals surface area contributed by atoms with Gasteiger partial charge in [-0.1, -0.05) is 6.07 Å². The molecule has 0 fully saturated rings. The Hall–Kier alpha value is -6.42. The van der Waals surface area contributed by atoms with Crippen molar-refractivity contribution < 1.29 is 0 Å². The van der Waals surface area contributed by atoms with Gasteiger partial charge >= 0.3 is 291 Å². The molecule has 0 atom stereocenters. The normalized spacial score (nSPS) is 14.3. The van der Waals surface area contributed by atoms with Gasteiger partial charge in [-0.25, -0.2) is 0 Å². The third-order valence-electron chi connectivity index (χ3n) is 12.1. The molecule has 0 saturated carbocycles. The van der Waals surface area contributed by atoms with Crippen LogP contribution in [0.5, 0.6) is 0 Å². The predicted octanol–water partition coefficient (Wildman–Crippen LogP) is 8.95. The fourth-order valence-corrected chi connectivity index (χ4v) is 16.8. The topological polar surface area (TPSA) is 9.86 Å². The van der Waals surface area contributed by atoms with Gasteiger partial charge < -0.3 is 0 Å². The van der Waals surface area contributed by atoms with Crippen LogP contribution in [0, 0.1) is 0 Å². The molecular formula is C48H31N2Si-. The van der Waals surface area contributed by atoms with E-state index in [1.807, 2.05) is 0 Å². The Morgan fingerprint density at radius 2 is 0.725 bits per heavy atom. The van der Waals surface area contributed by atoms with Gasteiger partial charge in [0.15, 0.2) is 0 Å². The van der Waals surface area contributed by atoms with Gasteiger partial charge in [0.2, 0.25) is 0 Å². The van der Waals surface area contributed by atoms with E-state index in [0.717, 1.165) is 0 Å². The maximum absolute atomic E-state index is 3.00. The molecule has 2 aromatic heterocycles. The summed E-state index contributed by atoms with van der Waals surface area (Å²) < 4.78 is 4.95. The zero-order valence-electron chi connectivity index (χ0n) is 27.8. The maximum atomic E-state index is 2.57. The van der Waals surface area contributed by atoms with E-state index in [4.69, 9.17) is 0 Å². The molecule has 2 nitrogen and oxygen atoms in total. The molecule has 4 heterocycles. The van der Waals surface area contributed by atoms with Gasteiger partial charge in [-0.05, 0) is 0 Å². The molecule has 0 bridgehead atoms. The van der Waals surface area contributed by atoms with Gasteiger partial charge in [0.1, 0.15) is 0 Å². The molecule has 51 heavy (non-hydrogen) atoms. The Labute approximate surface area is 296 Å². The van der Waals surface area contributed by atoms with E-state index in [9.17, 15) is 0 Å². The fraction of sp³-hybridized carbons (Fsp3) is 0. The number of aromatic nitrogens is 2. The standard InChI is InChI=1S/C48H31N2Si/c1-2-14-31(15-3-1)49-39-21-9-4-19-37(39)47-41(49)28-29-42-48(47)38-20-5-10-22-40(38)50(42)32-26-27-36-35-18-8-13-25-45(35)51(46(36)30-32)43-23-11-6-16-33(43)34-17-7-12-24-44(34)51/h1-30,51H/q-1. The van der Waals surface area contributed by atoms with E-state index in [-0.39, 0.29) is 0 Å². The van der Waals surface area contributed by atoms with Crippen LogP contribution >= 0.6 is 0 Å². The van der Waals surface area contributed by atoms with Crippen LogP contribution in [0.1, 0.15) is 0 Å². The molecule has 1 spiro atoms. The summed E-state index contributed by atoms with van der Waals surface area (Å²) in [6, 6.07) is 68.4. The van der Waals surface area contributed by atoms with Crippen LogP contribution in [-0.2, 0) is 0 Å². The van der Waals surface area contributed by atoms with Crippen LogP contribution in [0.4, 0.5) is 0 Å². The summed E-state index contributed by atoms with van der Waals surface area (Å²) in [6.07, 6.45) is 0. The molecule has 2 aliphatic heterocycles. The third kappa shape index (κ3) is 3.32. The Bertz CT molecular complexity index is 3030. The summed E-state index contributed by atoms with van der Waals surface area (Å²) in [5.41, 5.74) is 12.9. The number of benzene rings is 8. The van der Waals surface area contributed by atoms with Crippen LogP contribution in [0.2, 0.25) is 0 Å². The molecule has 0 unspecified atom stereocenters. The number of fused-ring (bicyclic) bond motifs is 17. The second-order valence-corrected chi connectivity index (χ2v) is 18.5. The van der Waals surface area contributed by atoms with Crippen molar-refractivity contribution in [1.29, 1.82) is 0 Å². The molecular weight excluding hydrogens is 633 g/mol. The van der Waals surface area contributed by atoms with Crippen molar-refractivity contribution in [2.24, 2.45) is 0 Å². The second kappa shape index (κ2) is 9.84. The summed E-state index contributed by atoms with van der Waals surface area (Å²) in [6.45, 7) is 0. The van der Waals surface area contributed by atoms with Crippen LogP contribution in [0.15, 0.2) is 182 Å². The average Bonchev–Trinajstić information content (AvgIpc) is 3.90. The minimum absolute atomic E-state index is 1.18. The molecule has 0 N–H and O–H groups in total. The number of para-hydroxylation sites is 3. The van der Waals surface area contributed by atoms with Gasteiger partial charge in [-0.15, -0.1) is 0 Å². The monoisotopic (exact) mass is 663 g/mol. The molecule has 3 heteroatoms. The number of rotatable bonds is 2. The SMILES string of the molecule is c1ccc(-n2c3ccccc3c3c4c5ccccc5n(-c5ccc6c(c5)[SiH-]5(c7ccccc7-c7ccccc75)c5ccccc5-6)c4ccc32)cc1. The van der Waals surface area contributed by atoms with E-state index >= 15 is 0 Å². The van der Waals surface area contributed by atoms with Crippen molar-refractivity contribution in [3.05, 3.63) is 182 Å². The average molecular weight is 664 g/mol. The first-order valence-corrected chi connectivity index (χ1v) is 20.3. The van der Waals surface area contributed by atoms with E-state index in [1.165, 1.54) is 98.0 Å². The summed E-state index contributed by atoms with van der Waals surface area (Å²) in [7, 11) is -3.00. The summed E-state index contributed by atoms with van der Waals surface area (Å²) in [5, 5.41) is 11.3. The number of hydrogen-bond acceptors (Lipinski definition) is 0. The number of nitrogens with zero attached hydrogens (tertiary/aromatic N) is 2. The fourth-order valence-electron chi connectivity index (χ4n) is 10.3. The zero-order chi connectivity index (χ0) is 33.3. The van der Waals surface area contributed by atoms with E-state index in [0.29, 0.717) is 0 Å². The quantitative estimate of drug-likeness (QED) is 0.164. The van der Waals surface area contributed by atoms with Crippen molar-refractivity contribution in [1.82, 2.24) is 9.13 Å². The molecule has 0 saturated heterocycles. The molecule has 238 valence electrons. The Morgan fingerprint density at radius 1 is 0.294 bits per heavy atom. The van der Waals surface area contributed by atoms with Gasteiger partial charge in [-0.3, -0.25) is 0 Å². The molecule has 0 aliphatic carbocycles. The van der Waals surface area contributed by atoms with Crippen LogP contribution in [0.25, 0.3) is 77.2 Å². The van der Waals surface area contributed by atoms with Crippen molar-refractivity contribution >= 4 is 72.4 Å². The van der Waals surface area contributed by atoms with E-state index in [1.54, 1.807) is 0 Å². The number of hydrogen-bond donors (Lipinski definition) is 0. The second-order valence-electron chi connectivity index (χ2n) is 14.3. The zero-order valence-corrected chi connectivity index (χ0v) is 28.9. The van der Waals surface area contributed by atoms with Crippen molar-refractivity contribution in [3.8, 4) is 33.6 Å². The Morgan fingerprint density at radius 3 is 1.27 bits per heavy atom. The molecule has 0 amide bonds. The van der Waals surface area contributed by atoms with E-state index in [2.05, 4.69) is 191 Å². The minimum atomic E-state index is -3.00. The van der Waals surface area contributed by atoms with E-state index < -0.39 is 8.07 Å². The van der Waals surface area contributed by atoms with Crippen LogP contribution in [0.3, 0.4) is 0 Å². The summed E-state index contributed by atoms with van der Waals surface area (Å²) >= 11 is 0. The van der Waals surface area contributed by atoms with Crippen LogP contribution in [-0.4, -0.2) is 17.2 Å². The van der Waals surface area contributed by atoms with Gasteiger partial charge in [0.05, 0.1) is 0 Å². The molecule has 12 rings (SSSR count). The summed E-state index contributed by atoms with van der Waals surface area (Å²) in [4.78, 5) is 0. The summed E-state index contributed by atoms with van der Waals surface area (Å²) in [5.74, 6) is 0. The van der Waals surface area contributed by atoms with Crippen molar-refractivity contribution in [2.75, 3.05) is 0 Å². The first-order chi connectivity index (χ1) is 25.3.